The fourth-order valence-electron chi connectivity index (χ4n) is 1.73. The van der Waals surface area contributed by atoms with Crippen LogP contribution in [0.15, 0.2) is 41.6 Å². The maximum atomic E-state index is 12.2. The second-order valence-corrected chi connectivity index (χ2v) is 5.55. The first-order valence-corrected chi connectivity index (χ1v) is 7.40. The van der Waals surface area contributed by atoms with Crippen molar-refractivity contribution in [2.75, 3.05) is 7.11 Å². The van der Waals surface area contributed by atoms with Crippen LogP contribution in [0.2, 0.25) is 15.1 Å². The van der Waals surface area contributed by atoms with Gasteiger partial charge in [-0.05, 0) is 36.4 Å². The van der Waals surface area contributed by atoms with Crippen LogP contribution in [0.3, 0.4) is 0 Å². The van der Waals surface area contributed by atoms with Gasteiger partial charge in [-0.15, -0.1) is 0 Å². The normalized spacial score (nSPS) is 11.2. The minimum atomic E-state index is -0.841. The molecule has 0 radical (unpaired) electrons. The molecule has 2 aromatic rings. The summed E-state index contributed by atoms with van der Waals surface area (Å²) in [7, 11) is 1.36. The Hall–Kier alpha value is -1.95. The summed E-state index contributed by atoms with van der Waals surface area (Å²) < 4.78 is 5.07. The van der Waals surface area contributed by atoms with Gasteiger partial charge < -0.3 is 15.3 Å². The smallest absolute Gasteiger partial charge is 0.371 e. The van der Waals surface area contributed by atoms with Gasteiger partial charge >= 0.3 is 5.97 Å². The quantitative estimate of drug-likeness (QED) is 0.378. The average Bonchev–Trinajstić information content (AvgIpc) is 2.54. The second kappa shape index (κ2) is 7.55. The Kier molecular flexibility index (Phi) is 5.71. The van der Waals surface area contributed by atoms with E-state index in [1.54, 1.807) is 24.3 Å². The lowest BCUT2D eigenvalue weighted by molar-refractivity contribution is 0.0512. The van der Waals surface area contributed by atoms with Crippen molar-refractivity contribution in [3.63, 3.8) is 0 Å². The van der Waals surface area contributed by atoms with Crippen LogP contribution in [-0.4, -0.2) is 18.9 Å². The Balaban J connectivity index is 2.24. The molecule has 0 fully saturated rings. The Labute approximate surface area is 147 Å². The van der Waals surface area contributed by atoms with Crippen LogP contribution in [0.1, 0.15) is 15.9 Å². The van der Waals surface area contributed by atoms with E-state index in [0.717, 1.165) is 0 Å². The monoisotopic (exact) mass is 372 g/mol. The molecule has 2 N–H and O–H groups in total. The number of amidine groups is 1. The van der Waals surface area contributed by atoms with Gasteiger partial charge in [-0.1, -0.05) is 40.0 Å². The van der Waals surface area contributed by atoms with Crippen molar-refractivity contribution < 1.29 is 14.4 Å². The second-order valence-electron chi connectivity index (χ2n) is 4.30. The lowest BCUT2D eigenvalue weighted by Gasteiger charge is -2.09. The molecule has 5 nitrogen and oxygen atoms in total. The molecule has 0 saturated carbocycles. The van der Waals surface area contributed by atoms with Crippen molar-refractivity contribution in [2.45, 2.75) is 0 Å². The highest BCUT2D eigenvalue weighted by Gasteiger charge is 2.21. The first-order chi connectivity index (χ1) is 10.9. The fourth-order valence-corrected chi connectivity index (χ4v) is 2.32. The van der Waals surface area contributed by atoms with E-state index in [1.165, 1.54) is 19.2 Å². The van der Waals surface area contributed by atoms with Crippen molar-refractivity contribution in [2.24, 2.45) is 10.9 Å². The summed E-state index contributed by atoms with van der Waals surface area (Å²) in [6, 6.07) is 9.51. The summed E-state index contributed by atoms with van der Waals surface area (Å²) in [5.74, 6) is -0.733. The van der Waals surface area contributed by atoms with E-state index in [1.807, 2.05) is 0 Å². The Bertz CT molecular complexity index is 761. The number of carbonyl (C=O) groups excluding carboxylic acids is 1. The van der Waals surface area contributed by atoms with Crippen LogP contribution in [0, 0.1) is 0 Å². The molecule has 0 atom stereocenters. The highest BCUT2D eigenvalue weighted by Crippen LogP contribution is 2.34. The maximum Gasteiger partial charge on any atom is 0.371 e. The molecule has 2 rings (SSSR count). The lowest BCUT2D eigenvalue weighted by atomic mass is 10.2. The van der Waals surface area contributed by atoms with Gasteiger partial charge in [0.1, 0.15) is 5.56 Å². The third-order valence-electron chi connectivity index (χ3n) is 2.83. The van der Waals surface area contributed by atoms with Crippen molar-refractivity contribution in [1.29, 1.82) is 0 Å². The summed E-state index contributed by atoms with van der Waals surface area (Å²) in [5.41, 5.74) is 6.26. The Morgan fingerprint density at radius 3 is 2.26 bits per heavy atom. The molecule has 0 bridgehead atoms. The molecule has 0 unspecified atom stereocenters. The number of methoxy groups -OCH3 is 1. The topological polar surface area (TPSA) is 73.9 Å². The van der Waals surface area contributed by atoms with Gasteiger partial charge in [-0.25, -0.2) is 4.79 Å². The van der Waals surface area contributed by atoms with Crippen molar-refractivity contribution in [3.8, 4) is 5.75 Å². The maximum absolute atomic E-state index is 12.2. The van der Waals surface area contributed by atoms with Gasteiger partial charge in [0.05, 0.1) is 17.2 Å². The van der Waals surface area contributed by atoms with Crippen LogP contribution in [0.4, 0.5) is 0 Å². The fraction of sp³-hybridized carbons (Fsp3) is 0.0667. The van der Waals surface area contributed by atoms with Crippen LogP contribution >= 0.6 is 34.8 Å². The van der Waals surface area contributed by atoms with E-state index in [-0.39, 0.29) is 27.2 Å². The number of benzene rings is 2. The SMILES string of the molecule is COc1c(Cl)ccc(Cl)c1C(=O)O/N=C(\N)c1ccc(Cl)cc1. The molecule has 0 aliphatic carbocycles. The molecule has 0 spiro atoms. The summed E-state index contributed by atoms with van der Waals surface area (Å²) in [6.45, 7) is 0. The number of hydrogen-bond acceptors (Lipinski definition) is 4. The number of ether oxygens (including phenoxy) is 1. The van der Waals surface area contributed by atoms with Gasteiger partial charge in [0, 0.05) is 10.6 Å². The highest BCUT2D eigenvalue weighted by molar-refractivity contribution is 6.37. The largest absolute Gasteiger partial charge is 0.494 e. The number of halogens is 3. The number of hydrogen-bond donors (Lipinski definition) is 1. The number of carbonyl (C=O) groups is 1. The molecular weight excluding hydrogens is 363 g/mol. The molecule has 8 heteroatoms. The predicted molar refractivity (Wildman–Crippen MR) is 90.6 cm³/mol. The first kappa shape index (κ1) is 17.4. The van der Waals surface area contributed by atoms with E-state index >= 15 is 0 Å². The van der Waals surface area contributed by atoms with Crippen LogP contribution in [0.5, 0.6) is 5.75 Å². The first-order valence-electron chi connectivity index (χ1n) is 6.26. The van der Waals surface area contributed by atoms with Gasteiger partial charge in [0.25, 0.3) is 0 Å². The predicted octanol–water partition coefficient (Wildman–Crippen LogP) is 4.13. The standard InChI is InChI=1S/C15H11Cl3N2O3/c1-22-13-11(18)7-6-10(17)12(13)15(21)23-20-14(19)8-2-4-9(16)5-3-8/h2-7H,1H3,(H2,19,20). The Morgan fingerprint density at radius 1 is 1.04 bits per heavy atom. The van der Waals surface area contributed by atoms with Gasteiger partial charge in [0.2, 0.25) is 0 Å². The molecule has 23 heavy (non-hydrogen) atoms. The molecule has 0 saturated heterocycles. The zero-order valence-corrected chi connectivity index (χ0v) is 14.1. The van der Waals surface area contributed by atoms with Gasteiger partial charge in [-0.3, -0.25) is 0 Å². The third kappa shape index (κ3) is 4.07. The number of oxime groups is 1. The minimum absolute atomic E-state index is 0.00661. The number of nitrogens with zero attached hydrogens (tertiary/aromatic N) is 1. The molecule has 0 amide bonds. The number of nitrogens with two attached hydrogens (primary N) is 1. The van der Waals surface area contributed by atoms with E-state index in [9.17, 15) is 4.79 Å². The summed E-state index contributed by atoms with van der Waals surface area (Å²) >= 11 is 17.7. The van der Waals surface area contributed by atoms with E-state index in [4.69, 9.17) is 50.1 Å². The molecule has 0 aromatic heterocycles. The van der Waals surface area contributed by atoms with Crippen molar-refractivity contribution in [1.82, 2.24) is 0 Å². The molecule has 2 aromatic carbocycles. The van der Waals surface area contributed by atoms with Crippen LogP contribution < -0.4 is 10.5 Å². The third-order valence-corrected chi connectivity index (χ3v) is 3.70. The summed E-state index contributed by atoms with van der Waals surface area (Å²) in [5, 5.41) is 4.48. The molecular formula is C15H11Cl3N2O3. The summed E-state index contributed by atoms with van der Waals surface area (Å²) in [4.78, 5) is 17.0. The molecule has 0 heterocycles. The van der Waals surface area contributed by atoms with E-state index < -0.39 is 5.97 Å². The molecule has 120 valence electrons. The zero-order valence-electron chi connectivity index (χ0n) is 11.8. The van der Waals surface area contributed by atoms with Crippen molar-refractivity contribution in [3.05, 3.63) is 62.6 Å². The van der Waals surface area contributed by atoms with E-state index in [0.29, 0.717) is 10.6 Å². The number of rotatable bonds is 4. The minimum Gasteiger partial charge on any atom is -0.494 e. The zero-order chi connectivity index (χ0) is 17.0. The van der Waals surface area contributed by atoms with Crippen LogP contribution in [-0.2, 0) is 4.84 Å². The highest BCUT2D eigenvalue weighted by atomic mass is 35.5. The molecule has 0 aliphatic rings. The summed E-state index contributed by atoms with van der Waals surface area (Å²) in [6.07, 6.45) is 0. The van der Waals surface area contributed by atoms with Gasteiger partial charge in [-0.2, -0.15) is 0 Å². The lowest BCUT2D eigenvalue weighted by Crippen LogP contribution is -2.15. The van der Waals surface area contributed by atoms with Crippen LogP contribution in [0.25, 0.3) is 0 Å². The Morgan fingerprint density at radius 2 is 1.65 bits per heavy atom. The van der Waals surface area contributed by atoms with E-state index in [2.05, 4.69) is 5.16 Å². The van der Waals surface area contributed by atoms with Gasteiger partial charge in [0.15, 0.2) is 11.6 Å². The van der Waals surface area contributed by atoms with Crippen molar-refractivity contribution >= 4 is 46.6 Å². The molecule has 0 aliphatic heterocycles. The average molecular weight is 374 g/mol.